The third kappa shape index (κ3) is 2.14. The molecule has 3 heteroatoms. The van der Waals surface area contributed by atoms with Crippen LogP contribution in [0.2, 0.25) is 0 Å². The molecule has 1 aliphatic heterocycles. The fourth-order valence-corrected chi connectivity index (χ4v) is 3.15. The van der Waals surface area contributed by atoms with E-state index >= 15 is 0 Å². The van der Waals surface area contributed by atoms with Gasteiger partial charge in [0.2, 0.25) is 0 Å². The third-order valence-electron chi connectivity index (χ3n) is 4.19. The van der Waals surface area contributed by atoms with Crippen LogP contribution in [0, 0.1) is 0 Å². The number of nitrogens with zero attached hydrogens (tertiary/aromatic N) is 1. The summed E-state index contributed by atoms with van der Waals surface area (Å²) in [6.07, 6.45) is 3.44. The zero-order valence-corrected chi connectivity index (χ0v) is 11.5. The van der Waals surface area contributed by atoms with Crippen LogP contribution >= 0.6 is 0 Å². The molecule has 1 saturated heterocycles. The first-order valence-corrected chi connectivity index (χ1v) is 7.07. The number of carbonyl (C=O) groups excluding carboxylic acids is 1. The van der Waals surface area contributed by atoms with Crippen LogP contribution in [0.1, 0.15) is 43.6 Å². The second kappa shape index (κ2) is 4.72. The van der Waals surface area contributed by atoms with Gasteiger partial charge in [0.15, 0.2) is 0 Å². The number of piperidine rings is 1. The number of aromatic nitrogens is 1. The molecule has 3 nitrogen and oxygen atoms in total. The smallest absolute Gasteiger partial charge is 0.270 e. The van der Waals surface area contributed by atoms with Crippen LogP contribution < -0.4 is 0 Å². The average molecular weight is 256 g/mol. The first-order valence-electron chi connectivity index (χ1n) is 7.07. The molecule has 1 aromatic carbocycles. The number of H-pyrrole nitrogens is 1. The van der Waals surface area contributed by atoms with Gasteiger partial charge in [0.25, 0.3) is 5.91 Å². The zero-order chi connectivity index (χ0) is 13.4. The van der Waals surface area contributed by atoms with E-state index in [0.29, 0.717) is 17.8 Å². The van der Waals surface area contributed by atoms with E-state index < -0.39 is 0 Å². The number of fused-ring (bicyclic) bond motifs is 1. The Morgan fingerprint density at radius 1 is 1.21 bits per heavy atom. The normalized spacial score (nSPS) is 23.8. The molecule has 0 aliphatic carbocycles. The largest absolute Gasteiger partial charge is 0.351 e. The molecule has 2 unspecified atom stereocenters. The standard InChI is InChI=1S/C16H20N2O/c1-11-6-5-7-12(2)18(11)16(19)15-10-13-8-3-4-9-14(13)17-15/h3-4,8-12,17H,5-7H2,1-2H3. The summed E-state index contributed by atoms with van der Waals surface area (Å²) in [7, 11) is 0. The van der Waals surface area contributed by atoms with E-state index in [-0.39, 0.29) is 5.91 Å². The highest BCUT2D eigenvalue weighted by atomic mass is 16.2. The predicted molar refractivity (Wildman–Crippen MR) is 77.2 cm³/mol. The molecule has 1 aliphatic rings. The number of rotatable bonds is 1. The number of benzene rings is 1. The van der Waals surface area contributed by atoms with Gasteiger partial charge in [-0.25, -0.2) is 0 Å². The Labute approximate surface area is 113 Å². The van der Waals surface area contributed by atoms with Crippen molar-refractivity contribution in [2.45, 2.75) is 45.2 Å². The van der Waals surface area contributed by atoms with Gasteiger partial charge in [-0.1, -0.05) is 18.2 Å². The first kappa shape index (κ1) is 12.3. The molecule has 0 radical (unpaired) electrons. The Morgan fingerprint density at radius 2 is 1.89 bits per heavy atom. The van der Waals surface area contributed by atoms with Gasteiger partial charge in [-0.2, -0.15) is 0 Å². The lowest BCUT2D eigenvalue weighted by molar-refractivity contribution is 0.0505. The zero-order valence-electron chi connectivity index (χ0n) is 11.5. The molecule has 1 amide bonds. The summed E-state index contributed by atoms with van der Waals surface area (Å²) in [5.41, 5.74) is 1.74. The monoisotopic (exact) mass is 256 g/mol. The van der Waals surface area contributed by atoms with Crippen LogP contribution in [0.4, 0.5) is 0 Å². The Hall–Kier alpha value is -1.77. The molecule has 2 heterocycles. The minimum absolute atomic E-state index is 0.135. The molecule has 1 N–H and O–H groups in total. The van der Waals surface area contributed by atoms with E-state index in [4.69, 9.17) is 0 Å². The second-order valence-electron chi connectivity index (χ2n) is 5.61. The molecule has 1 aromatic heterocycles. The van der Waals surface area contributed by atoms with Crippen LogP contribution in [-0.4, -0.2) is 27.9 Å². The molecular weight excluding hydrogens is 236 g/mol. The molecule has 1 fully saturated rings. The van der Waals surface area contributed by atoms with E-state index in [1.54, 1.807) is 0 Å². The number of hydrogen-bond donors (Lipinski definition) is 1. The SMILES string of the molecule is CC1CCCC(C)N1C(=O)c1cc2ccccc2[nH]1. The average Bonchev–Trinajstić information content (AvgIpc) is 2.82. The van der Waals surface area contributed by atoms with Crippen molar-refractivity contribution in [2.24, 2.45) is 0 Å². The molecule has 3 rings (SSSR count). The summed E-state index contributed by atoms with van der Waals surface area (Å²) in [6.45, 7) is 4.30. The molecule has 0 bridgehead atoms. The van der Waals surface area contributed by atoms with Crippen molar-refractivity contribution in [1.29, 1.82) is 0 Å². The van der Waals surface area contributed by atoms with Gasteiger partial charge in [-0.3, -0.25) is 4.79 Å². The first-order chi connectivity index (χ1) is 9.16. The van der Waals surface area contributed by atoms with Crippen LogP contribution in [-0.2, 0) is 0 Å². The van der Waals surface area contributed by atoms with Gasteiger partial charge in [0.1, 0.15) is 5.69 Å². The summed E-state index contributed by atoms with van der Waals surface area (Å²) in [5.74, 6) is 0.135. The van der Waals surface area contributed by atoms with Gasteiger partial charge < -0.3 is 9.88 Å². The number of carbonyl (C=O) groups is 1. The van der Waals surface area contributed by atoms with Crippen molar-refractivity contribution in [3.8, 4) is 0 Å². The molecule has 2 aromatic rings. The molecule has 100 valence electrons. The lowest BCUT2D eigenvalue weighted by Gasteiger charge is -2.38. The van der Waals surface area contributed by atoms with E-state index in [0.717, 1.165) is 23.7 Å². The van der Waals surface area contributed by atoms with Crippen molar-refractivity contribution in [3.63, 3.8) is 0 Å². The highest BCUT2D eigenvalue weighted by Crippen LogP contribution is 2.25. The van der Waals surface area contributed by atoms with E-state index in [1.807, 2.05) is 35.2 Å². The van der Waals surface area contributed by atoms with Gasteiger partial charge in [-0.15, -0.1) is 0 Å². The van der Waals surface area contributed by atoms with E-state index in [9.17, 15) is 4.79 Å². The maximum absolute atomic E-state index is 12.7. The van der Waals surface area contributed by atoms with Crippen molar-refractivity contribution in [3.05, 3.63) is 36.0 Å². The van der Waals surface area contributed by atoms with Gasteiger partial charge >= 0.3 is 0 Å². The van der Waals surface area contributed by atoms with Crippen LogP contribution in [0.15, 0.2) is 30.3 Å². The quantitative estimate of drug-likeness (QED) is 0.832. The molecule has 19 heavy (non-hydrogen) atoms. The summed E-state index contributed by atoms with van der Waals surface area (Å²) in [6, 6.07) is 10.7. The predicted octanol–water partition coefficient (Wildman–Crippen LogP) is 3.57. The van der Waals surface area contributed by atoms with Crippen LogP contribution in [0.25, 0.3) is 10.9 Å². The highest BCUT2D eigenvalue weighted by Gasteiger charge is 2.30. The lowest BCUT2D eigenvalue weighted by atomic mass is 9.97. The molecule has 0 saturated carbocycles. The summed E-state index contributed by atoms with van der Waals surface area (Å²) in [4.78, 5) is 18.0. The maximum atomic E-state index is 12.7. The van der Waals surface area contributed by atoms with E-state index in [1.165, 1.54) is 6.42 Å². The molecule has 2 atom stereocenters. The number of likely N-dealkylation sites (tertiary alicyclic amines) is 1. The van der Waals surface area contributed by atoms with Crippen LogP contribution in [0.5, 0.6) is 0 Å². The number of amides is 1. The number of aromatic amines is 1. The van der Waals surface area contributed by atoms with Crippen molar-refractivity contribution in [2.75, 3.05) is 0 Å². The summed E-state index contributed by atoms with van der Waals surface area (Å²) >= 11 is 0. The van der Waals surface area contributed by atoms with Gasteiger partial charge in [0.05, 0.1) is 0 Å². The maximum Gasteiger partial charge on any atom is 0.270 e. The number of para-hydroxylation sites is 1. The lowest BCUT2D eigenvalue weighted by Crippen LogP contribution is -2.47. The topological polar surface area (TPSA) is 36.1 Å². The fraction of sp³-hybridized carbons (Fsp3) is 0.438. The molecular formula is C16H20N2O. The molecule has 0 spiro atoms. The van der Waals surface area contributed by atoms with Crippen molar-refractivity contribution >= 4 is 16.8 Å². The fourth-order valence-electron chi connectivity index (χ4n) is 3.15. The Morgan fingerprint density at radius 3 is 2.58 bits per heavy atom. The van der Waals surface area contributed by atoms with Gasteiger partial charge in [-0.05, 0) is 45.2 Å². The highest BCUT2D eigenvalue weighted by molar-refractivity contribution is 5.98. The van der Waals surface area contributed by atoms with Crippen molar-refractivity contribution in [1.82, 2.24) is 9.88 Å². The van der Waals surface area contributed by atoms with Crippen molar-refractivity contribution < 1.29 is 4.79 Å². The third-order valence-corrected chi connectivity index (χ3v) is 4.19. The van der Waals surface area contributed by atoms with Gasteiger partial charge in [0, 0.05) is 23.0 Å². The number of hydrogen-bond acceptors (Lipinski definition) is 1. The second-order valence-corrected chi connectivity index (χ2v) is 5.61. The Balaban J connectivity index is 1.94. The minimum Gasteiger partial charge on any atom is -0.351 e. The number of nitrogens with one attached hydrogen (secondary N) is 1. The Kier molecular flexibility index (Phi) is 3.05. The van der Waals surface area contributed by atoms with E-state index in [2.05, 4.69) is 18.8 Å². The summed E-state index contributed by atoms with van der Waals surface area (Å²) < 4.78 is 0. The summed E-state index contributed by atoms with van der Waals surface area (Å²) in [5, 5.41) is 1.10. The minimum atomic E-state index is 0.135. The van der Waals surface area contributed by atoms with Crippen LogP contribution in [0.3, 0.4) is 0 Å². The Bertz CT molecular complexity index is 559.